The molecule has 0 atom stereocenters. The Morgan fingerprint density at radius 2 is 1.12 bits per heavy atom. The predicted octanol–water partition coefficient (Wildman–Crippen LogP) is -1.60. The molecule has 1 rings (SSSR count). The van der Waals surface area contributed by atoms with Crippen LogP contribution >= 0.6 is 0 Å². The highest BCUT2D eigenvalue weighted by Crippen LogP contribution is 2.03. The Morgan fingerprint density at radius 1 is 0.706 bits per heavy atom. The van der Waals surface area contributed by atoms with E-state index in [4.69, 9.17) is 21.6 Å². The average Bonchev–Trinajstić information content (AvgIpc) is 2.29. The lowest BCUT2D eigenvalue weighted by atomic mass is 10.1. The molecule has 104 valence electrons. The van der Waals surface area contributed by atoms with Crippen molar-refractivity contribution in [3.05, 3.63) is 0 Å². The zero-order chi connectivity index (χ0) is 12.6. The lowest BCUT2D eigenvalue weighted by Gasteiger charge is -2.10. The Hall–Kier alpha value is 0.668. The van der Waals surface area contributed by atoms with Gasteiger partial charge in [0.1, 0.15) is 0 Å². The highest BCUT2D eigenvalue weighted by molar-refractivity contribution is 6.50. The van der Waals surface area contributed by atoms with E-state index in [2.05, 4.69) is 6.92 Å². The van der Waals surface area contributed by atoms with Crippen LogP contribution in [0, 0.1) is 0 Å². The Labute approximate surface area is 114 Å². The molecular formula is C8H26O5Si4. The minimum atomic E-state index is -0.653. The van der Waals surface area contributed by atoms with Gasteiger partial charge in [-0.05, 0) is 6.42 Å². The summed E-state index contributed by atoms with van der Waals surface area (Å²) in [6.07, 6.45) is 7.50. The molecule has 1 N–H and O–H groups in total. The van der Waals surface area contributed by atoms with Crippen molar-refractivity contribution in [2.75, 3.05) is 6.61 Å². The molecule has 0 radical (unpaired) electrons. The van der Waals surface area contributed by atoms with Crippen molar-refractivity contribution in [1.29, 1.82) is 0 Å². The van der Waals surface area contributed by atoms with Crippen LogP contribution in [0.5, 0.6) is 0 Å². The minimum absolute atomic E-state index is 0.367. The van der Waals surface area contributed by atoms with Gasteiger partial charge in [-0.3, -0.25) is 0 Å². The summed E-state index contributed by atoms with van der Waals surface area (Å²) in [7, 11) is -2.61. The first-order valence-electron chi connectivity index (χ1n) is 6.33. The summed E-state index contributed by atoms with van der Waals surface area (Å²) in [5, 5.41) is 8.42. The highest BCUT2D eigenvalue weighted by Gasteiger charge is 1.97. The summed E-state index contributed by atoms with van der Waals surface area (Å²) >= 11 is 0. The first-order valence-corrected chi connectivity index (χ1v) is 11.0. The Kier molecular flexibility index (Phi) is 17.3. The van der Waals surface area contributed by atoms with E-state index in [1.54, 1.807) is 0 Å². The van der Waals surface area contributed by atoms with Gasteiger partial charge < -0.3 is 21.6 Å². The third-order valence-corrected chi connectivity index (χ3v) is 7.51. The second-order valence-electron chi connectivity index (χ2n) is 3.78. The molecule has 0 spiro atoms. The highest BCUT2D eigenvalue weighted by atomic mass is 28.4. The van der Waals surface area contributed by atoms with Crippen LogP contribution in [0.3, 0.4) is 0 Å². The normalized spacial score (nSPS) is 22.2. The summed E-state index contributed by atoms with van der Waals surface area (Å²) in [6.45, 7) is 2.58. The van der Waals surface area contributed by atoms with E-state index in [1.807, 2.05) is 0 Å². The summed E-state index contributed by atoms with van der Waals surface area (Å²) in [4.78, 5) is 0. The monoisotopic (exact) mass is 314 g/mol. The van der Waals surface area contributed by atoms with Gasteiger partial charge in [0.05, 0.1) is 0 Å². The second-order valence-corrected chi connectivity index (χ2v) is 11.3. The van der Waals surface area contributed by atoms with E-state index < -0.39 is 40.0 Å². The maximum absolute atomic E-state index is 8.42. The van der Waals surface area contributed by atoms with Crippen LogP contribution < -0.4 is 0 Å². The van der Waals surface area contributed by atoms with Gasteiger partial charge >= 0.3 is 0 Å². The van der Waals surface area contributed by atoms with Gasteiger partial charge in [-0.2, -0.15) is 0 Å². The summed E-state index contributed by atoms with van der Waals surface area (Å²) in [5.74, 6) is 0. The SMILES string of the molecule is CCCCCCCCO.O1[SiH2]O[SiH2]O[SiH2]O[SiH2]1. The fourth-order valence-corrected chi connectivity index (χ4v) is 8.48. The fraction of sp³-hybridized carbons (Fsp3) is 1.00. The van der Waals surface area contributed by atoms with Crippen LogP contribution in [-0.2, 0) is 16.5 Å². The van der Waals surface area contributed by atoms with Crippen LogP contribution in [0.2, 0.25) is 0 Å². The third kappa shape index (κ3) is 16.7. The molecule has 1 fully saturated rings. The Balaban J connectivity index is 0.000000302. The van der Waals surface area contributed by atoms with E-state index >= 15 is 0 Å². The van der Waals surface area contributed by atoms with Crippen molar-refractivity contribution in [3.63, 3.8) is 0 Å². The van der Waals surface area contributed by atoms with Crippen LogP contribution in [0.15, 0.2) is 0 Å². The molecule has 0 aliphatic carbocycles. The van der Waals surface area contributed by atoms with Gasteiger partial charge in [0.15, 0.2) is 0 Å². The van der Waals surface area contributed by atoms with Crippen LogP contribution in [0.25, 0.3) is 0 Å². The number of unbranched alkanes of at least 4 members (excludes halogenated alkanes) is 5. The number of aliphatic hydroxyl groups is 1. The lowest BCUT2D eigenvalue weighted by Crippen LogP contribution is -2.23. The zero-order valence-corrected chi connectivity index (χ0v) is 16.5. The summed E-state index contributed by atoms with van der Waals surface area (Å²) in [5.41, 5.74) is 0. The Bertz CT molecular complexity index is 113. The maximum atomic E-state index is 8.42. The van der Waals surface area contributed by atoms with Gasteiger partial charge in [-0.1, -0.05) is 39.0 Å². The number of hydrogen-bond acceptors (Lipinski definition) is 5. The third-order valence-electron chi connectivity index (χ3n) is 2.18. The molecule has 1 saturated heterocycles. The summed E-state index contributed by atoms with van der Waals surface area (Å²) < 4.78 is 20.4. The molecule has 0 unspecified atom stereocenters. The second kappa shape index (κ2) is 16.7. The van der Waals surface area contributed by atoms with Crippen molar-refractivity contribution in [3.8, 4) is 0 Å². The molecular weight excluding hydrogens is 288 g/mol. The zero-order valence-electron chi connectivity index (χ0n) is 10.9. The maximum Gasteiger partial charge on any atom is 0.286 e. The van der Waals surface area contributed by atoms with Crippen LogP contribution in [-0.4, -0.2) is 51.7 Å². The number of hydrogen-bond donors (Lipinski definition) is 1. The van der Waals surface area contributed by atoms with E-state index in [0.717, 1.165) is 6.42 Å². The molecule has 5 nitrogen and oxygen atoms in total. The van der Waals surface area contributed by atoms with E-state index in [-0.39, 0.29) is 0 Å². The molecule has 1 aliphatic heterocycles. The first-order chi connectivity index (χ1) is 8.41. The largest absolute Gasteiger partial charge is 0.425 e. The lowest BCUT2D eigenvalue weighted by molar-refractivity contribution is 0.282. The van der Waals surface area contributed by atoms with Gasteiger partial charge in [0.2, 0.25) is 0 Å². The van der Waals surface area contributed by atoms with Crippen molar-refractivity contribution < 1.29 is 21.6 Å². The van der Waals surface area contributed by atoms with Crippen LogP contribution in [0.4, 0.5) is 0 Å². The van der Waals surface area contributed by atoms with Gasteiger partial charge in [-0.15, -0.1) is 0 Å². The molecule has 0 bridgehead atoms. The first kappa shape index (κ1) is 17.7. The number of aliphatic hydroxyl groups excluding tert-OH is 1. The predicted molar refractivity (Wildman–Crippen MR) is 79.0 cm³/mol. The molecule has 0 aromatic rings. The minimum Gasteiger partial charge on any atom is -0.425 e. The van der Waals surface area contributed by atoms with E-state index in [9.17, 15) is 0 Å². The smallest absolute Gasteiger partial charge is 0.286 e. The van der Waals surface area contributed by atoms with E-state index in [1.165, 1.54) is 32.1 Å². The topological polar surface area (TPSA) is 57.2 Å². The molecule has 1 heterocycles. The van der Waals surface area contributed by atoms with Crippen LogP contribution in [0.1, 0.15) is 45.4 Å². The van der Waals surface area contributed by atoms with Gasteiger partial charge in [0.25, 0.3) is 40.0 Å². The van der Waals surface area contributed by atoms with Crippen molar-refractivity contribution in [2.45, 2.75) is 45.4 Å². The van der Waals surface area contributed by atoms with E-state index in [0.29, 0.717) is 6.61 Å². The van der Waals surface area contributed by atoms with Crippen molar-refractivity contribution in [1.82, 2.24) is 0 Å². The Morgan fingerprint density at radius 3 is 1.53 bits per heavy atom. The molecule has 0 aromatic heterocycles. The molecule has 1 aliphatic rings. The average molecular weight is 315 g/mol. The molecule has 0 saturated carbocycles. The number of rotatable bonds is 6. The molecule has 0 amide bonds. The fourth-order valence-electron chi connectivity index (χ4n) is 1.26. The van der Waals surface area contributed by atoms with Gasteiger partial charge in [-0.25, -0.2) is 0 Å². The molecule has 0 aromatic carbocycles. The quantitative estimate of drug-likeness (QED) is 0.473. The molecule has 17 heavy (non-hydrogen) atoms. The van der Waals surface area contributed by atoms with Gasteiger partial charge in [0, 0.05) is 6.61 Å². The van der Waals surface area contributed by atoms with Crippen molar-refractivity contribution in [2.24, 2.45) is 0 Å². The standard InChI is InChI=1S/C8H18O.H8O4Si4/c1-2-3-4-5-6-7-8-9;1-5-2-7-4-8-3-6-1/h9H,2-8H2,1H3;5-8H2. The van der Waals surface area contributed by atoms with Crippen molar-refractivity contribution >= 4 is 40.0 Å². The molecule has 9 heteroatoms. The summed E-state index contributed by atoms with van der Waals surface area (Å²) in [6, 6.07) is 0.